The number of alkyl halides is 3. The van der Waals surface area contributed by atoms with Crippen molar-refractivity contribution < 1.29 is 18.0 Å². The van der Waals surface area contributed by atoms with Crippen LogP contribution in [0.1, 0.15) is 11.1 Å². The van der Waals surface area contributed by atoms with Crippen LogP contribution in [-0.4, -0.2) is 33.8 Å². The number of rotatable bonds is 4. The van der Waals surface area contributed by atoms with E-state index in [2.05, 4.69) is 15.4 Å². The van der Waals surface area contributed by atoms with Crippen LogP contribution in [0, 0.1) is 0 Å². The molecule has 0 atom stereocenters. The van der Waals surface area contributed by atoms with Gasteiger partial charge in [-0.15, -0.1) is 0 Å². The highest BCUT2D eigenvalue weighted by Crippen LogP contribution is 2.33. The number of halogens is 3. The quantitative estimate of drug-likeness (QED) is 0.746. The molecule has 3 aromatic rings. The predicted octanol–water partition coefficient (Wildman–Crippen LogP) is 3.29. The molecule has 0 bridgehead atoms. The molecule has 28 heavy (non-hydrogen) atoms. The Labute approximate surface area is 158 Å². The van der Waals surface area contributed by atoms with E-state index in [0.717, 1.165) is 29.8 Å². The topological polar surface area (TPSA) is 63.1 Å². The lowest BCUT2D eigenvalue weighted by Crippen LogP contribution is -2.32. The maximum atomic E-state index is 13.1. The zero-order valence-corrected chi connectivity index (χ0v) is 14.6. The molecule has 0 unspecified atom stereocenters. The van der Waals surface area contributed by atoms with Gasteiger partial charge < -0.3 is 10.2 Å². The molecule has 1 N–H and O–H groups in total. The Balaban J connectivity index is 1.58. The molecule has 1 aromatic heterocycles. The van der Waals surface area contributed by atoms with E-state index in [1.54, 1.807) is 0 Å². The molecular formula is C19H16F3N5O. The van der Waals surface area contributed by atoms with E-state index in [-0.39, 0.29) is 12.2 Å². The molecule has 0 radical (unpaired) electrons. The molecule has 0 fully saturated rings. The van der Waals surface area contributed by atoms with Gasteiger partial charge in [0.15, 0.2) is 0 Å². The second kappa shape index (κ2) is 6.99. The first kappa shape index (κ1) is 18.0. The van der Waals surface area contributed by atoms with Gasteiger partial charge in [-0.05, 0) is 36.2 Å². The van der Waals surface area contributed by atoms with Crippen molar-refractivity contribution in [2.45, 2.75) is 12.6 Å². The molecule has 2 heterocycles. The van der Waals surface area contributed by atoms with Gasteiger partial charge in [0.1, 0.15) is 12.7 Å². The minimum absolute atomic E-state index is 0.0257. The Morgan fingerprint density at radius 1 is 1.14 bits per heavy atom. The number of carbonyl (C=O) groups is 1. The predicted molar refractivity (Wildman–Crippen MR) is 97.3 cm³/mol. The average molecular weight is 387 g/mol. The van der Waals surface area contributed by atoms with Crippen LogP contribution in [0.5, 0.6) is 0 Å². The number of anilines is 2. The fraction of sp³-hybridized carbons (Fsp3) is 0.211. The molecule has 4 rings (SSSR count). The minimum Gasteiger partial charge on any atom is -0.362 e. The summed E-state index contributed by atoms with van der Waals surface area (Å²) >= 11 is 0. The second-order valence-corrected chi connectivity index (χ2v) is 6.42. The van der Waals surface area contributed by atoms with Crippen LogP contribution in [0.4, 0.5) is 24.5 Å². The lowest BCUT2D eigenvalue weighted by Gasteiger charge is -2.20. The number of fused-ring (bicyclic) bond motifs is 1. The van der Waals surface area contributed by atoms with E-state index >= 15 is 0 Å². The molecule has 0 saturated heterocycles. The Bertz CT molecular complexity index is 1000. The zero-order chi connectivity index (χ0) is 19.7. The number of amides is 1. The van der Waals surface area contributed by atoms with Crippen LogP contribution in [0.3, 0.4) is 0 Å². The van der Waals surface area contributed by atoms with E-state index in [9.17, 15) is 18.0 Å². The van der Waals surface area contributed by atoms with Gasteiger partial charge in [0, 0.05) is 12.2 Å². The lowest BCUT2D eigenvalue weighted by molar-refractivity contribution is -0.137. The number of carbonyl (C=O) groups excluding carboxylic acids is 1. The highest BCUT2D eigenvalue weighted by atomic mass is 19.4. The van der Waals surface area contributed by atoms with Crippen molar-refractivity contribution in [3.8, 4) is 5.69 Å². The maximum Gasteiger partial charge on any atom is 0.416 e. The zero-order valence-electron chi connectivity index (χ0n) is 14.6. The van der Waals surface area contributed by atoms with Crippen molar-refractivity contribution in [2.75, 3.05) is 23.3 Å². The first-order valence-corrected chi connectivity index (χ1v) is 8.61. The summed E-state index contributed by atoms with van der Waals surface area (Å²) in [7, 11) is 0. The molecule has 6 nitrogen and oxygen atoms in total. The molecule has 1 aliphatic heterocycles. The third-order valence-corrected chi connectivity index (χ3v) is 4.58. The monoisotopic (exact) mass is 387 g/mol. The van der Waals surface area contributed by atoms with E-state index < -0.39 is 17.6 Å². The molecule has 1 amide bonds. The number of nitrogens with one attached hydrogen (secondary N) is 1. The number of para-hydroxylation sites is 1. The smallest absolute Gasteiger partial charge is 0.362 e. The van der Waals surface area contributed by atoms with Crippen molar-refractivity contribution in [1.29, 1.82) is 0 Å². The average Bonchev–Trinajstić information content (AvgIpc) is 3.31. The Kier molecular flexibility index (Phi) is 4.50. The van der Waals surface area contributed by atoms with Crippen LogP contribution in [0.25, 0.3) is 5.69 Å². The van der Waals surface area contributed by atoms with Gasteiger partial charge in [-0.3, -0.25) is 4.79 Å². The molecule has 0 spiro atoms. The maximum absolute atomic E-state index is 13.1. The van der Waals surface area contributed by atoms with Gasteiger partial charge in [-0.1, -0.05) is 18.2 Å². The molecule has 144 valence electrons. The first-order chi connectivity index (χ1) is 13.4. The Morgan fingerprint density at radius 3 is 2.71 bits per heavy atom. The highest BCUT2D eigenvalue weighted by molar-refractivity contribution is 5.96. The summed E-state index contributed by atoms with van der Waals surface area (Å²) < 4.78 is 40.7. The van der Waals surface area contributed by atoms with E-state index in [0.29, 0.717) is 12.2 Å². The van der Waals surface area contributed by atoms with Crippen LogP contribution in [-0.2, 0) is 17.4 Å². The number of hydrogen-bond donors (Lipinski definition) is 1. The van der Waals surface area contributed by atoms with Crippen molar-refractivity contribution in [2.24, 2.45) is 0 Å². The normalized spacial score (nSPS) is 13.5. The van der Waals surface area contributed by atoms with Crippen molar-refractivity contribution >= 4 is 17.3 Å². The molecule has 9 heteroatoms. The van der Waals surface area contributed by atoms with Gasteiger partial charge in [0.25, 0.3) is 0 Å². The van der Waals surface area contributed by atoms with Gasteiger partial charge in [-0.25, -0.2) is 9.67 Å². The van der Waals surface area contributed by atoms with E-state index in [1.807, 2.05) is 29.2 Å². The van der Waals surface area contributed by atoms with Gasteiger partial charge in [-0.2, -0.15) is 18.3 Å². The van der Waals surface area contributed by atoms with E-state index in [4.69, 9.17) is 0 Å². The first-order valence-electron chi connectivity index (χ1n) is 8.61. The van der Waals surface area contributed by atoms with E-state index in [1.165, 1.54) is 23.4 Å². The minimum atomic E-state index is -4.52. The van der Waals surface area contributed by atoms with Gasteiger partial charge in [0.05, 0.1) is 23.5 Å². The second-order valence-electron chi connectivity index (χ2n) is 6.42. The summed E-state index contributed by atoms with van der Waals surface area (Å²) in [5.74, 6) is -0.405. The number of nitrogens with zero attached hydrogens (tertiary/aromatic N) is 4. The van der Waals surface area contributed by atoms with Gasteiger partial charge in [0.2, 0.25) is 5.91 Å². The Hall–Kier alpha value is -3.36. The third-order valence-electron chi connectivity index (χ3n) is 4.58. The van der Waals surface area contributed by atoms with Crippen molar-refractivity contribution in [3.63, 3.8) is 0 Å². The lowest BCUT2D eigenvalue weighted by atomic mass is 10.1. The SMILES string of the molecule is O=C(CN1CCc2ccccc21)Nc1cc(C(F)(F)F)ccc1-n1cncn1. The third kappa shape index (κ3) is 3.55. The fourth-order valence-electron chi connectivity index (χ4n) is 3.28. The summed E-state index contributed by atoms with van der Waals surface area (Å²) in [5.41, 5.74) is 1.60. The van der Waals surface area contributed by atoms with Crippen molar-refractivity contribution in [1.82, 2.24) is 14.8 Å². The van der Waals surface area contributed by atoms with Crippen LogP contribution < -0.4 is 10.2 Å². The summed E-state index contributed by atoms with van der Waals surface area (Å²) in [6, 6.07) is 10.9. The molecular weight excluding hydrogens is 371 g/mol. The summed E-state index contributed by atoms with van der Waals surface area (Å²) in [5, 5.41) is 6.54. The molecule has 0 aliphatic carbocycles. The summed E-state index contributed by atoms with van der Waals surface area (Å²) in [4.78, 5) is 18.3. The number of hydrogen-bond acceptors (Lipinski definition) is 4. The Morgan fingerprint density at radius 2 is 1.96 bits per heavy atom. The van der Waals surface area contributed by atoms with Crippen LogP contribution in [0.15, 0.2) is 55.1 Å². The number of benzene rings is 2. The summed E-state index contributed by atoms with van der Waals surface area (Å²) in [6.07, 6.45) is -1.06. The van der Waals surface area contributed by atoms with Crippen LogP contribution in [0.2, 0.25) is 0 Å². The molecule has 2 aromatic carbocycles. The standard InChI is InChI=1S/C19H16F3N5O/c20-19(21,22)14-5-6-17(27-12-23-11-24-27)15(9-14)25-18(28)10-26-8-7-13-3-1-2-4-16(13)26/h1-6,9,11-12H,7-8,10H2,(H,25,28). The number of aromatic nitrogens is 3. The van der Waals surface area contributed by atoms with Gasteiger partial charge >= 0.3 is 6.18 Å². The van der Waals surface area contributed by atoms with Crippen LogP contribution >= 0.6 is 0 Å². The molecule has 1 aliphatic rings. The molecule has 0 saturated carbocycles. The van der Waals surface area contributed by atoms with Crippen molar-refractivity contribution in [3.05, 3.63) is 66.2 Å². The summed E-state index contributed by atoms with van der Waals surface area (Å²) in [6.45, 7) is 0.731. The fourth-order valence-corrected chi connectivity index (χ4v) is 3.28. The largest absolute Gasteiger partial charge is 0.416 e. The highest BCUT2D eigenvalue weighted by Gasteiger charge is 2.31.